The molecule has 0 bridgehead atoms. The number of aryl methyl sites for hydroxylation is 1. The monoisotopic (exact) mass is 467 g/mol. The van der Waals surface area contributed by atoms with Crippen LogP contribution in [0.2, 0.25) is 0 Å². The maximum atomic E-state index is 13.0. The summed E-state index contributed by atoms with van der Waals surface area (Å²) in [7, 11) is 1.52. The number of ether oxygens (including phenoxy) is 2. The summed E-state index contributed by atoms with van der Waals surface area (Å²) in [5, 5.41) is 0. The lowest BCUT2D eigenvalue weighted by molar-refractivity contribution is -0.124. The van der Waals surface area contributed by atoms with Crippen molar-refractivity contribution in [2.45, 2.75) is 45.1 Å². The average Bonchev–Trinajstić information content (AvgIpc) is 3.07. The number of thioether (sulfide) groups is 1. The summed E-state index contributed by atoms with van der Waals surface area (Å²) < 4.78 is 11.6. The lowest BCUT2D eigenvalue weighted by Gasteiger charge is -2.29. The Bertz CT molecular complexity index is 1090. The molecule has 1 aliphatic carbocycles. The molecule has 0 radical (unpaired) electrons. The standard InChI is InChI=1S/C25H25NO4S2/c1-16-7-6-8-18(13-16)24(28)30-20-12-11-17(14-21(20)29-2)15-22-23(27)26(25(31)32-22)19-9-4-3-5-10-19/h6-8,11-15,19H,3-5,9-10H2,1-2H3/b22-15-. The number of esters is 1. The molecule has 0 N–H and O–H groups in total. The first kappa shape index (κ1) is 22.6. The van der Waals surface area contributed by atoms with Crippen LogP contribution in [0.15, 0.2) is 47.4 Å². The molecule has 0 unspecified atom stereocenters. The summed E-state index contributed by atoms with van der Waals surface area (Å²) in [6, 6.07) is 12.7. The van der Waals surface area contributed by atoms with Gasteiger partial charge in [0, 0.05) is 6.04 Å². The summed E-state index contributed by atoms with van der Waals surface area (Å²) in [6.45, 7) is 1.92. The van der Waals surface area contributed by atoms with E-state index in [-0.39, 0.29) is 11.9 Å². The van der Waals surface area contributed by atoms with E-state index in [0.29, 0.717) is 26.3 Å². The summed E-state index contributed by atoms with van der Waals surface area (Å²) in [6.07, 6.45) is 7.34. The van der Waals surface area contributed by atoms with Gasteiger partial charge in [-0.1, -0.05) is 67.0 Å². The first-order valence-corrected chi connectivity index (χ1v) is 11.9. The molecule has 1 saturated heterocycles. The van der Waals surface area contributed by atoms with Crippen LogP contribution in [0.3, 0.4) is 0 Å². The van der Waals surface area contributed by atoms with Crippen LogP contribution in [0.5, 0.6) is 11.5 Å². The molecule has 2 aromatic rings. The summed E-state index contributed by atoms with van der Waals surface area (Å²) in [5.41, 5.74) is 2.23. The largest absolute Gasteiger partial charge is 0.493 e. The molecule has 0 aromatic heterocycles. The summed E-state index contributed by atoms with van der Waals surface area (Å²) >= 11 is 6.85. The van der Waals surface area contributed by atoms with Crippen LogP contribution >= 0.6 is 24.0 Å². The van der Waals surface area contributed by atoms with Crippen molar-refractivity contribution < 1.29 is 19.1 Å². The van der Waals surface area contributed by atoms with Gasteiger partial charge in [0.15, 0.2) is 11.5 Å². The van der Waals surface area contributed by atoms with Gasteiger partial charge in [0.2, 0.25) is 0 Å². The number of hydrogen-bond acceptors (Lipinski definition) is 6. The Balaban J connectivity index is 1.52. The molecule has 166 valence electrons. The number of benzene rings is 2. The van der Waals surface area contributed by atoms with E-state index in [1.165, 1.54) is 25.3 Å². The minimum Gasteiger partial charge on any atom is -0.493 e. The third-order valence-corrected chi connectivity index (χ3v) is 7.04. The number of thiocarbonyl (C=S) groups is 1. The third kappa shape index (κ3) is 4.89. The predicted octanol–water partition coefficient (Wildman–Crippen LogP) is 5.76. The smallest absolute Gasteiger partial charge is 0.343 e. The van der Waals surface area contributed by atoms with E-state index in [1.54, 1.807) is 35.2 Å². The zero-order valence-corrected chi connectivity index (χ0v) is 19.8. The lowest BCUT2D eigenvalue weighted by Crippen LogP contribution is -2.39. The Labute approximate surface area is 197 Å². The lowest BCUT2D eigenvalue weighted by atomic mass is 9.94. The number of carbonyl (C=O) groups is 2. The zero-order chi connectivity index (χ0) is 22.7. The van der Waals surface area contributed by atoms with Crippen molar-refractivity contribution in [1.82, 2.24) is 4.90 Å². The van der Waals surface area contributed by atoms with Crippen LogP contribution in [0.4, 0.5) is 0 Å². The van der Waals surface area contributed by atoms with E-state index in [0.717, 1.165) is 36.8 Å². The highest BCUT2D eigenvalue weighted by Crippen LogP contribution is 2.38. The van der Waals surface area contributed by atoms with Crippen molar-refractivity contribution in [2.75, 3.05) is 7.11 Å². The predicted molar refractivity (Wildman–Crippen MR) is 131 cm³/mol. The van der Waals surface area contributed by atoms with Gasteiger partial charge in [0.05, 0.1) is 17.6 Å². The third-order valence-electron chi connectivity index (χ3n) is 5.71. The number of rotatable bonds is 5. The van der Waals surface area contributed by atoms with Gasteiger partial charge in [-0.3, -0.25) is 9.69 Å². The molecule has 1 heterocycles. The molecular formula is C25H25NO4S2. The molecule has 5 nitrogen and oxygen atoms in total. The van der Waals surface area contributed by atoms with Crippen molar-refractivity contribution in [3.8, 4) is 11.5 Å². The minimum atomic E-state index is -0.451. The fourth-order valence-electron chi connectivity index (χ4n) is 4.07. The van der Waals surface area contributed by atoms with Gasteiger partial charge >= 0.3 is 5.97 Å². The van der Waals surface area contributed by atoms with E-state index in [1.807, 2.05) is 25.1 Å². The highest BCUT2D eigenvalue weighted by molar-refractivity contribution is 8.26. The van der Waals surface area contributed by atoms with Crippen molar-refractivity contribution in [3.63, 3.8) is 0 Å². The van der Waals surface area contributed by atoms with E-state index >= 15 is 0 Å². The van der Waals surface area contributed by atoms with Crippen LogP contribution in [0.1, 0.15) is 53.6 Å². The molecule has 2 aromatic carbocycles. The highest BCUT2D eigenvalue weighted by Gasteiger charge is 2.37. The van der Waals surface area contributed by atoms with Crippen LogP contribution in [-0.2, 0) is 4.79 Å². The van der Waals surface area contributed by atoms with Crippen molar-refractivity contribution >= 4 is 46.3 Å². The number of amides is 1. The van der Waals surface area contributed by atoms with Crippen molar-refractivity contribution in [3.05, 3.63) is 64.1 Å². The van der Waals surface area contributed by atoms with Crippen LogP contribution < -0.4 is 9.47 Å². The van der Waals surface area contributed by atoms with Crippen LogP contribution in [0.25, 0.3) is 6.08 Å². The maximum Gasteiger partial charge on any atom is 0.343 e. The topological polar surface area (TPSA) is 55.8 Å². The Kier molecular flexibility index (Phi) is 6.96. The second-order valence-electron chi connectivity index (χ2n) is 8.01. The number of nitrogens with zero attached hydrogens (tertiary/aromatic N) is 1. The molecule has 32 heavy (non-hydrogen) atoms. The Morgan fingerprint density at radius 3 is 2.62 bits per heavy atom. The van der Waals surface area contributed by atoms with Gasteiger partial charge in [0.25, 0.3) is 5.91 Å². The van der Waals surface area contributed by atoms with Crippen LogP contribution in [0, 0.1) is 6.92 Å². The molecule has 1 amide bonds. The first-order valence-electron chi connectivity index (χ1n) is 10.7. The van der Waals surface area contributed by atoms with Gasteiger partial charge in [-0.05, 0) is 55.7 Å². The molecule has 2 fully saturated rings. The second-order valence-corrected chi connectivity index (χ2v) is 9.69. The first-order chi connectivity index (χ1) is 15.5. The molecule has 1 aliphatic heterocycles. The zero-order valence-electron chi connectivity index (χ0n) is 18.1. The summed E-state index contributed by atoms with van der Waals surface area (Å²) in [5.74, 6) is 0.266. The van der Waals surface area contributed by atoms with Gasteiger partial charge < -0.3 is 9.47 Å². The van der Waals surface area contributed by atoms with E-state index in [2.05, 4.69) is 0 Å². The quantitative estimate of drug-likeness (QED) is 0.241. The Morgan fingerprint density at radius 1 is 1.12 bits per heavy atom. The molecule has 0 spiro atoms. The van der Waals surface area contributed by atoms with E-state index < -0.39 is 5.97 Å². The number of methoxy groups -OCH3 is 1. The Hall–Kier alpha value is -2.64. The minimum absolute atomic E-state index is 0.0270. The normalized spacial score (nSPS) is 18.3. The maximum absolute atomic E-state index is 13.0. The molecular weight excluding hydrogens is 442 g/mol. The molecule has 0 atom stereocenters. The molecule has 2 aliphatic rings. The van der Waals surface area contributed by atoms with Gasteiger partial charge in [0.1, 0.15) is 4.32 Å². The fourth-order valence-corrected chi connectivity index (χ4v) is 5.47. The van der Waals surface area contributed by atoms with E-state index in [4.69, 9.17) is 21.7 Å². The van der Waals surface area contributed by atoms with Gasteiger partial charge in [-0.15, -0.1) is 0 Å². The molecule has 4 rings (SSSR count). The van der Waals surface area contributed by atoms with E-state index in [9.17, 15) is 9.59 Å². The number of hydrogen-bond donors (Lipinski definition) is 0. The number of carbonyl (C=O) groups excluding carboxylic acids is 2. The highest BCUT2D eigenvalue weighted by atomic mass is 32.2. The molecule has 7 heteroatoms. The SMILES string of the molecule is COc1cc(/C=C2\SC(=S)N(C3CCCCC3)C2=O)ccc1OC(=O)c1cccc(C)c1. The van der Waals surface area contributed by atoms with Gasteiger partial charge in [-0.2, -0.15) is 0 Å². The fraction of sp³-hybridized carbons (Fsp3) is 0.320. The summed E-state index contributed by atoms with van der Waals surface area (Å²) in [4.78, 5) is 27.9. The van der Waals surface area contributed by atoms with Crippen molar-refractivity contribution in [2.24, 2.45) is 0 Å². The Morgan fingerprint density at radius 2 is 1.91 bits per heavy atom. The average molecular weight is 468 g/mol. The second kappa shape index (κ2) is 9.88. The van der Waals surface area contributed by atoms with Crippen LogP contribution in [-0.4, -0.2) is 34.2 Å². The van der Waals surface area contributed by atoms with Crippen molar-refractivity contribution in [1.29, 1.82) is 0 Å². The molecule has 1 saturated carbocycles. The van der Waals surface area contributed by atoms with Gasteiger partial charge in [-0.25, -0.2) is 4.79 Å².